The summed E-state index contributed by atoms with van der Waals surface area (Å²) in [5.74, 6) is 7.27. The molecule has 0 atom stereocenters. The second-order valence-electron chi connectivity index (χ2n) is 4.52. The fourth-order valence-electron chi connectivity index (χ4n) is 1.83. The van der Waals surface area contributed by atoms with Crippen LogP contribution in [-0.4, -0.2) is 9.97 Å². The van der Waals surface area contributed by atoms with Crippen LogP contribution in [0.15, 0.2) is 30.3 Å². The molecule has 1 aliphatic carbocycles. The van der Waals surface area contributed by atoms with Gasteiger partial charge >= 0.3 is 0 Å². The van der Waals surface area contributed by atoms with Crippen molar-refractivity contribution in [1.29, 1.82) is 0 Å². The van der Waals surface area contributed by atoms with Crippen molar-refractivity contribution in [1.82, 2.24) is 9.97 Å². The number of anilines is 3. The lowest BCUT2D eigenvalue weighted by atomic mass is 10.3. The Morgan fingerprint density at radius 3 is 2.58 bits per heavy atom. The van der Waals surface area contributed by atoms with E-state index < -0.39 is 0 Å². The zero-order valence-electron chi connectivity index (χ0n) is 10.2. The second kappa shape index (κ2) is 4.81. The van der Waals surface area contributed by atoms with Crippen molar-refractivity contribution < 1.29 is 4.39 Å². The highest BCUT2D eigenvalue weighted by atomic mass is 19.1. The minimum absolute atomic E-state index is 0.323. The summed E-state index contributed by atoms with van der Waals surface area (Å²) in [6.45, 7) is 0. The van der Waals surface area contributed by atoms with Crippen molar-refractivity contribution in [3.8, 4) is 0 Å². The van der Waals surface area contributed by atoms with Crippen LogP contribution in [0.2, 0.25) is 0 Å². The lowest BCUT2D eigenvalue weighted by Crippen LogP contribution is -2.11. The molecule has 0 unspecified atom stereocenters. The Labute approximate surface area is 110 Å². The molecule has 1 aromatic heterocycles. The van der Waals surface area contributed by atoms with Crippen LogP contribution in [0.1, 0.15) is 24.6 Å². The largest absolute Gasteiger partial charge is 0.338 e. The van der Waals surface area contributed by atoms with E-state index in [1.54, 1.807) is 24.3 Å². The van der Waals surface area contributed by atoms with Crippen LogP contribution in [0.3, 0.4) is 0 Å². The molecule has 0 bridgehead atoms. The molecule has 1 heterocycles. The van der Waals surface area contributed by atoms with E-state index in [1.165, 1.54) is 6.07 Å². The number of nitrogen functional groups attached to an aromatic ring is 1. The summed E-state index contributed by atoms with van der Waals surface area (Å²) < 4.78 is 13.6. The van der Waals surface area contributed by atoms with E-state index in [1.807, 2.05) is 0 Å². The molecule has 1 saturated carbocycles. The van der Waals surface area contributed by atoms with Crippen LogP contribution in [0.25, 0.3) is 0 Å². The number of hydrogen-bond acceptors (Lipinski definition) is 5. The first-order valence-corrected chi connectivity index (χ1v) is 6.13. The topological polar surface area (TPSA) is 75.9 Å². The first-order valence-electron chi connectivity index (χ1n) is 6.13. The first kappa shape index (κ1) is 11.9. The van der Waals surface area contributed by atoms with Gasteiger partial charge in [0.1, 0.15) is 23.3 Å². The molecule has 98 valence electrons. The van der Waals surface area contributed by atoms with Gasteiger partial charge in [-0.05, 0) is 25.0 Å². The van der Waals surface area contributed by atoms with Gasteiger partial charge in [0, 0.05) is 12.0 Å². The van der Waals surface area contributed by atoms with E-state index in [-0.39, 0.29) is 5.82 Å². The highest BCUT2D eigenvalue weighted by Gasteiger charge is 2.27. The molecule has 6 heteroatoms. The highest BCUT2D eigenvalue weighted by Crippen LogP contribution is 2.39. The first-order chi connectivity index (χ1) is 9.26. The molecule has 0 aliphatic heterocycles. The number of hydrazine groups is 1. The minimum Gasteiger partial charge on any atom is -0.338 e. The normalized spacial score (nSPS) is 14.2. The Balaban J connectivity index is 1.91. The fourth-order valence-corrected chi connectivity index (χ4v) is 1.83. The average molecular weight is 259 g/mol. The maximum atomic E-state index is 13.6. The maximum Gasteiger partial charge on any atom is 0.146 e. The number of aromatic nitrogens is 2. The number of hydrogen-bond donors (Lipinski definition) is 3. The van der Waals surface area contributed by atoms with Crippen molar-refractivity contribution >= 4 is 17.3 Å². The number of nitrogens with two attached hydrogens (primary N) is 1. The van der Waals surface area contributed by atoms with Crippen LogP contribution in [-0.2, 0) is 0 Å². The van der Waals surface area contributed by atoms with Crippen LogP contribution in [0.4, 0.5) is 21.7 Å². The van der Waals surface area contributed by atoms with Crippen molar-refractivity contribution in [2.45, 2.75) is 18.8 Å². The molecule has 4 N–H and O–H groups in total. The van der Waals surface area contributed by atoms with Gasteiger partial charge in [-0.3, -0.25) is 0 Å². The molecule has 0 amide bonds. The molecule has 0 saturated heterocycles. The summed E-state index contributed by atoms with van der Waals surface area (Å²) in [7, 11) is 0. The van der Waals surface area contributed by atoms with Gasteiger partial charge in [0.25, 0.3) is 0 Å². The van der Waals surface area contributed by atoms with Crippen LogP contribution >= 0.6 is 0 Å². The summed E-state index contributed by atoms with van der Waals surface area (Å²) in [6.07, 6.45) is 2.18. The van der Waals surface area contributed by atoms with E-state index in [0.29, 0.717) is 23.2 Å². The molecule has 5 nitrogen and oxygen atoms in total. The van der Waals surface area contributed by atoms with Crippen molar-refractivity contribution in [2.75, 3.05) is 10.7 Å². The average Bonchev–Trinajstić information content (AvgIpc) is 3.25. The Morgan fingerprint density at radius 1 is 1.16 bits per heavy atom. The quantitative estimate of drug-likeness (QED) is 0.581. The van der Waals surface area contributed by atoms with Crippen LogP contribution in [0.5, 0.6) is 0 Å². The van der Waals surface area contributed by atoms with Gasteiger partial charge in [-0.1, -0.05) is 12.1 Å². The van der Waals surface area contributed by atoms with Crippen LogP contribution < -0.4 is 16.6 Å². The third-order valence-electron chi connectivity index (χ3n) is 2.97. The molecule has 1 aliphatic rings. The number of benzene rings is 1. The van der Waals surface area contributed by atoms with Crippen LogP contribution in [0, 0.1) is 5.82 Å². The summed E-state index contributed by atoms with van der Waals surface area (Å²) in [5.41, 5.74) is 2.89. The number of rotatable bonds is 4. The SMILES string of the molecule is NNc1cc(Nc2ccccc2F)nc(C2CC2)n1. The molecule has 0 radical (unpaired) electrons. The van der Waals surface area contributed by atoms with Gasteiger partial charge in [-0.25, -0.2) is 20.2 Å². The van der Waals surface area contributed by atoms with Gasteiger partial charge in [0.2, 0.25) is 0 Å². The zero-order chi connectivity index (χ0) is 13.2. The summed E-state index contributed by atoms with van der Waals surface area (Å²) in [4.78, 5) is 8.69. The monoisotopic (exact) mass is 259 g/mol. The zero-order valence-corrected chi connectivity index (χ0v) is 10.2. The van der Waals surface area contributed by atoms with E-state index in [0.717, 1.165) is 18.7 Å². The third kappa shape index (κ3) is 2.63. The van der Waals surface area contributed by atoms with Gasteiger partial charge in [0.15, 0.2) is 0 Å². The number of nitrogens with zero attached hydrogens (tertiary/aromatic N) is 2. The molecule has 1 aromatic carbocycles. The fraction of sp³-hybridized carbons (Fsp3) is 0.231. The van der Waals surface area contributed by atoms with Gasteiger partial charge in [-0.2, -0.15) is 0 Å². The summed E-state index contributed by atoms with van der Waals surface area (Å²) >= 11 is 0. The van der Waals surface area contributed by atoms with E-state index in [4.69, 9.17) is 5.84 Å². The second-order valence-corrected chi connectivity index (χ2v) is 4.52. The maximum absolute atomic E-state index is 13.6. The number of nitrogens with one attached hydrogen (secondary N) is 2. The molecule has 3 rings (SSSR count). The van der Waals surface area contributed by atoms with E-state index in [9.17, 15) is 4.39 Å². The summed E-state index contributed by atoms with van der Waals surface area (Å²) in [5, 5.41) is 2.95. The number of halogens is 1. The molecule has 0 spiro atoms. The smallest absolute Gasteiger partial charge is 0.146 e. The Hall–Kier alpha value is -2.21. The van der Waals surface area contributed by atoms with E-state index >= 15 is 0 Å². The minimum atomic E-state index is -0.323. The Morgan fingerprint density at radius 2 is 1.89 bits per heavy atom. The highest BCUT2D eigenvalue weighted by molar-refractivity contribution is 5.59. The van der Waals surface area contributed by atoms with E-state index in [2.05, 4.69) is 20.7 Å². The Bertz CT molecular complexity index is 597. The van der Waals surface area contributed by atoms with Gasteiger partial charge < -0.3 is 10.7 Å². The predicted octanol–water partition coefficient (Wildman–Crippen LogP) is 2.52. The molecular weight excluding hydrogens is 245 g/mol. The van der Waals surface area contributed by atoms with Crippen molar-refractivity contribution in [3.63, 3.8) is 0 Å². The molecule has 2 aromatic rings. The molecule has 19 heavy (non-hydrogen) atoms. The van der Waals surface area contributed by atoms with Crippen molar-refractivity contribution in [2.24, 2.45) is 5.84 Å². The third-order valence-corrected chi connectivity index (χ3v) is 2.97. The standard InChI is InChI=1S/C13H14FN5/c14-9-3-1-2-4-10(9)16-11-7-12(19-15)18-13(17-11)8-5-6-8/h1-4,7-8H,5-6,15H2,(H2,16,17,18,19). The van der Waals surface area contributed by atoms with Gasteiger partial charge in [0.05, 0.1) is 5.69 Å². The summed E-state index contributed by atoms with van der Waals surface area (Å²) in [6, 6.07) is 8.11. The number of para-hydroxylation sites is 1. The molecule has 1 fully saturated rings. The lowest BCUT2D eigenvalue weighted by Gasteiger charge is -2.10. The van der Waals surface area contributed by atoms with Crippen molar-refractivity contribution in [3.05, 3.63) is 42.0 Å². The predicted molar refractivity (Wildman–Crippen MR) is 71.5 cm³/mol. The Kier molecular flexibility index (Phi) is 3.00. The molecular formula is C13H14FN5. The van der Waals surface area contributed by atoms with Gasteiger partial charge in [-0.15, -0.1) is 0 Å². The lowest BCUT2D eigenvalue weighted by molar-refractivity contribution is 0.631.